The van der Waals surface area contributed by atoms with Crippen LogP contribution in [0.15, 0.2) is 35.6 Å². The Bertz CT molecular complexity index is 236. The Morgan fingerprint density at radius 3 is 3.08 bits per heavy atom. The molecule has 1 rings (SSSR count). The van der Waals surface area contributed by atoms with Crippen LogP contribution < -0.4 is 11.1 Å². The third-order valence-electron chi connectivity index (χ3n) is 2.03. The predicted octanol–water partition coefficient (Wildman–Crippen LogP) is 1.71. The van der Waals surface area contributed by atoms with E-state index < -0.39 is 0 Å². The van der Waals surface area contributed by atoms with Gasteiger partial charge in [-0.25, -0.2) is 0 Å². The van der Waals surface area contributed by atoms with Crippen molar-refractivity contribution in [2.75, 3.05) is 13.1 Å². The van der Waals surface area contributed by atoms with Crippen molar-refractivity contribution in [2.24, 2.45) is 5.73 Å². The summed E-state index contributed by atoms with van der Waals surface area (Å²) in [6.07, 6.45) is 10.6. The van der Waals surface area contributed by atoms with Gasteiger partial charge in [-0.2, -0.15) is 0 Å². The summed E-state index contributed by atoms with van der Waals surface area (Å²) in [5.41, 5.74) is 8.05. The fraction of sp³-hybridized carbons (Fsp3) is 0.455. The molecule has 0 unspecified atom stereocenters. The highest BCUT2D eigenvalue weighted by atomic mass is 14.9. The Hall–Kier alpha value is -1.02. The van der Waals surface area contributed by atoms with Crippen LogP contribution in [0.25, 0.3) is 0 Å². The van der Waals surface area contributed by atoms with Gasteiger partial charge in [-0.3, -0.25) is 0 Å². The molecule has 1 saturated heterocycles. The Kier molecular flexibility index (Phi) is 4.33. The predicted molar refractivity (Wildman–Crippen MR) is 57.3 cm³/mol. The SMILES string of the molecule is CC/C=C1/NCC/C1=C/C=C\CN. The van der Waals surface area contributed by atoms with E-state index in [1.54, 1.807) is 0 Å². The average Bonchev–Trinajstić information content (AvgIpc) is 2.54. The zero-order valence-electron chi connectivity index (χ0n) is 8.22. The van der Waals surface area contributed by atoms with E-state index in [1.807, 2.05) is 12.2 Å². The van der Waals surface area contributed by atoms with Gasteiger partial charge in [0.25, 0.3) is 0 Å². The second-order valence-electron chi connectivity index (χ2n) is 3.06. The standard InChI is InChI=1S/C11H18N2/c1-2-5-11-10(7-9-13-11)6-3-4-8-12/h3-6,13H,2,7-9,12H2,1H3/b4-3-,10-6-,11-5+. The van der Waals surface area contributed by atoms with Gasteiger partial charge in [0.2, 0.25) is 0 Å². The number of allylic oxidation sites excluding steroid dienone is 4. The first-order chi connectivity index (χ1) is 6.38. The molecule has 72 valence electrons. The quantitative estimate of drug-likeness (QED) is 0.690. The molecule has 0 aromatic carbocycles. The van der Waals surface area contributed by atoms with Gasteiger partial charge in [-0.1, -0.05) is 31.2 Å². The molecule has 0 aromatic rings. The molecule has 0 saturated carbocycles. The Morgan fingerprint density at radius 1 is 1.54 bits per heavy atom. The van der Waals surface area contributed by atoms with Crippen molar-refractivity contribution in [1.29, 1.82) is 0 Å². The second-order valence-corrected chi connectivity index (χ2v) is 3.06. The van der Waals surface area contributed by atoms with Gasteiger partial charge in [0.05, 0.1) is 0 Å². The van der Waals surface area contributed by atoms with Gasteiger partial charge in [-0.15, -0.1) is 0 Å². The van der Waals surface area contributed by atoms with E-state index in [1.165, 1.54) is 11.3 Å². The minimum atomic E-state index is 0.615. The maximum atomic E-state index is 5.36. The average molecular weight is 178 g/mol. The fourth-order valence-electron chi connectivity index (χ4n) is 1.42. The van der Waals surface area contributed by atoms with Crippen LogP contribution >= 0.6 is 0 Å². The Labute approximate surface area is 80.2 Å². The highest BCUT2D eigenvalue weighted by Gasteiger charge is 2.09. The van der Waals surface area contributed by atoms with Crippen LogP contribution in [0.1, 0.15) is 19.8 Å². The lowest BCUT2D eigenvalue weighted by molar-refractivity contribution is 0.909. The molecular formula is C11H18N2. The lowest BCUT2D eigenvalue weighted by Crippen LogP contribution is -2.03. The van der Waals surface area contributed by atoms with Crippen LogP contribution in [0.4, 0.5) is 0 Å². The minimum Gasteiger partial charge on any atom is -0.385 e. The van der Waals surface area contributed by atoms with Crippen molar-refractivity contribution >= 4 is 0 Å². The number of nitrogens with two attached hydrogens (primary N) is 1. The van der Waals surface area contributed by atoms with Gasteiger partial charge in [-0.05, 0) is 18.4 Å². The molecule has 1 heterocycles. The van der Waals surface area contributed by atoms with E-state index in [0.29, 0.717) is 6.54 Å². The van der Waals surface area contributed by atoms with E-state index in [2.05, 4.69) is 24.4 Å². The summed E-state index contributed by atoms with van der Waals surface area (Å²) in [6.45, 7) is 3.83. The first kappa shape index (κ1) is 10.1. The smallest absolute Gasteiger partial charge is 0.0332 e. The first-order valence-electron chi connectivity index (χ1n) is 4.88. The van der Waals surface area contributed by atoms with Crippen LogP contribution in [0.3, 0.4) is 0 Å². The zero-order chi connectivity index (χ0) is 9.52. The number of hydrogen-bond donors (Lipinski definition) is 2. The molecule has 13 heavy (non-hydrogen) atoms. The molecule has 0 aromatic heterocycles. The molecule has 2 nitrogen and oxygen atoms in total. The summed E-state index contributed by atoms with van der Waals surface area (Å²) in [4.78, 5) is 0. The molecule has 1 fully saturated rings. The summed E-state index contributed by atoms with van der Waals surface area (Å²) < 4.78 is 0. The monoisotopic (exact) mass is 178 g/mol. The van der Waals surface area contributed by atoms with E-state index in [0.717, 1.165) is 19.4 Å². The highest BCUT2D eigenvalue weighted by molar-refractivity contribution is 5.36. The van der Waals surface area contributed by atoms with Crippen molar-refractivity contribution in [3.8, 4) is 0 Å². The lowest BCUT2D eigenvalue weighted by Gasteiger charge is -1.98. The molecular weight excluding hydrogens is 160 g/mol. The Morgan fingerprint density at radius 2 is 2.38 bits per heavy atom. The largest absolute Gasteiger partial charge is 0.385 e. The molecule has 0 bridgehead atoms. The number of rotatable bonds is 3. The van der Waals surface area contributed by atoms with Crippen LogP contribution in [0.2, 0.25) is 0 Å². The molecule has 2 heteroatoms. The number of nitrogens with one attached hydrogen (secondary N) is 1. The van der Waals surface area contributed by atoms with Gasteiger partial charge in [0.1, 0.15) is 0 Å². The lowest BCUT2D eigenvalue weighted by atomic mass is 10.1. The van der Waals surface area contributed by atoms with Crippen molar-refractivity contribution in [2.45, 2.75) is 19.8 Å². The van der Waals surface area contributed by atoms with E-state index >= 15 is 0 Å². The summed E-state index contributed by atoms with van der Waals surface area (Å²) in [6, 6.07) is 0. The molecule has 1 aliphatic rings. The molecule has 1 aliphatic heterocycles. The second kappa shape index (κ2) is 5.60. The van der Waals surface area contributed by atoms with Crippen LogP contribution in [0, 0.1) is 0 Å². The van der Waals surface area contributed by atoms with Crippen LogP contribution in [-0.4, -0.2) is 13.1 Å². The topological polar surface area (TPSA) is 38.0 Å². The normalized spacial score (nSPS) is 23.2. The maximum absolute atomic E-state index is 5.36. The zero-order valence-corrected chi connectivity index (χ0v) is 8.22. The van der Waals surface area contributed by atoms with Crippen LogP contribution in [0.5, 0.6) is 0 Å². The summed E-state index contributed by atoms with van der Waals surface area (Å²) in [7, 11) is 0. The summed E-state index contributed by atoms with van der Waals surface area (Å²) in [5.74, 6) is 0. The molecule has 0 amide bonds. The minimum absolute atomic E-state index is 0.615. The van der Waals surface area contributed by atoms with Gasteiger partial charge in [0, 0.05) is 18.8 Å². The summed E-state index contributed by atoms with van der Waals surface area (Å²) in [5, 5.41) is 3.36. The molecule has 0 aliphatic carbocycles. The first-order valence-corrected chi connectivity index (χ1v) is 4.88. The van der Waals surface area contributed by atoms with Crippen molar-refractivity contribution < 1.29 is 0 Å². The van der Waals surface area contributed by atoms with E-state index in [4.69, 9.17) is 5.73 Å². The van der Waals surface area contributed by atoms with Gasteiger partial charge in [0.15, 0.2) is 0 Å². The highest BCUT2D eigenvalue weighted by Crippen LogP contribution is 2.18. The number of hydrogen-bond acceptors (Lipinski definition) is 2. The molecule has 0 radical (unpaired) electrons. The maximum Gasteiger partial charge on any atom is 0.0332 e. The van der Waals surface area contributed by atoms with Crippen molar-refractivity contribution in [3.63, 3.8) is 0 Å². The van der Waals surface area contributed by atoms with E-state index in [9.17, 15) is 0 Å². The van der Waals surface area contributed by atoms with Crippen molar-refractivity contribution in [3.05, 3.63) is 35.6 Å². The van der Waals surface area contributed by atoms with Crippen LogP contribution in [-0.2, 0) is 0 Å². The van der Waals surface area contributed by atoms with Gasteiger partial charge < -0.3 is 11.1 Å². The molecule has 0 atom stereocenters. The Balaban J connectivity index is 2.62. The fourth-order valence-corrected chi connectivity index (χ4v) is 1.42. The molecule has 3 N–H and O–H groups in total. The third kappa shape index (κ3) is 3.07. The molecule has 0 spiro atoms. The third-order valence-corrected chi connectivity index (χ3v) is 2.03. The van der Waals surface area contributed by atoms with E-state index in [-0.39, 0.29) is 0 Å². The van der Waals surface area contributed by atoms with Gasteiger partial charge >= 0.3 is 0 Å². The summed E-state index contributed by atoms with van der Waals surface area (Å²) >= 11 is 0. The van der Waals surface area contributed by atoms with Crippen molar-refractivity contribution in [1.82, 2.24) is 5.32 Å².